The van der Waals surface area contributed by atoms with Crippen LogP contribution in [0.1, 0.15) is 19.3 Å². The maximum Gasteiger partial charge on any atom is 0.224 e. The van der Waals surface area contributed by atoms with Gasteiger partial charge in [-0.05, 0) is 19.3 Å². The number of nitrogens with one attached hydrogen (secondary N) is 2. The molecule has 2 N–H and O–H groups in total. The second kappa shape index (κ2) is 5.77. The largest absolute Gasteiger partial charge is 0.378 e. The Bertz CT molecular complexity index is 368. The van der Waals surface area contributed by atoms with Crippen molar-refractivity contribution in [3.8, 4) is 0 Å². The van der Waals surface area contributed by atoms with Crippen molar-refractivity contribution in [2.45, 2.75) is 25.4 Å². The van der Waals surface area contributed by atoms with E-state index in [1.54, 1.807) is 7.05 Å². The molecular weight excluding hydrogens is 223 g/mol. The highest BCUT2D eigenvalue weighted by atomic mass is 19.1. The zero-order valence-electron chi connectivity index (χ0n) is 9.87. The fourth-order valence-electron chi connectivity index (χ4n) is 1.84. The van der Waals surface area contributed by atoms with Crippen LogP contribution in [-0.4, -0.2) is 36.3 Å². The van der Waals surface area contributed by atoms with Gasteiger partial charge < -0.3 is 15.4 Å². The minimum Gasteiger partial charge on any atom is -0.378 e. The highest BCUT2D eigenvalue weighted by molar-refractivity contribution is 5.40. The third-order valence-electron chi connectivity index (χ3n) is 2.75. The standard InChI is InChI=1S/C11H17FN4O/c1-13-11-15-7-9(12)10(16-11)14-5-4-8-3-2-6-17-8/h7-8H,2-6H2,1H3,(H2,13,14,15,16). The Labute approximate surface area is 99.8 Å². The van der Waals surface area contributed by atoms with Gasteiger partial charge in [-0.3, -0.25) is 0 Å². The van der Waals surface area contributed by atoms with Crippen molar-refractivity contribution < 1.29 is 9.13 Å². The molecule has 1 fully saturated rings. The molecule has 1 aromatic rings. The van der Waals surface area contributed by atoms with Gasteiger partial charge in [0.2, 0.25) is 5.95 Å². The van der Waals surface area contributed by atoms with E-state index in [4.69, 9.17) is 4.74 Å². The zero-order chi connectivity index (χ0) is 12.1. The number of hydrogen-bond donors (Lipinski definition) is 2. The summed E-state index contributed by atoms with van der Waals surface area (Å²) in [5, 5.41) is 5.74. The van der Waals surface area contributed by atoms with Crippen LogP contribution in [0.2, 0.25) is 0 Å². The molecule has 0 radical (unpaired) electrons. The molecule has 17 heavy (non-hydrogen) atoms. The quantitative estimate of drug-likeness (QED) is 0.819. The molecule has 0 spiro atoms. The van der Waals surface area contributed by atoms with Crippen molar-refractivity contribution in [2.24, 2.45) is 0 Å². The smallest absolute Gasteiger partial charge is 0.224 e. The summed E-state index contributed by atoms with van der Waals surface area (Å²) in [5.74, 6) is 0.213. The first kappa shape index (κ1) is 12.0. The molecule has 0 aromatic carbocycles. The summed E-state index contributed by atoms with van der Waals surface area (Å²) in [6, 6.07) is 0. The van der Waals surface area contributed by atoms with E-state index >= 15 is 0 Å². The van der Waals surface area contributed by atoms with Gasteiger partial charge in [0.25, 0.3) is 0 Å². The van der Waals surface area contributed by atoms with Crippen molar-refractivity contribution in [3.05, 3.63) is 12.0 Å². The van der Waals surface area contributed by atoms with E-state index in [2.05, 4.69) is 20.6 Å². The molecule has 0 amide bonds. The molecule has 1 saturated heterocycles. The number of rotatable bonds is 5. The summed E-state index contributed by atoms with van der Waals surface area (Å²) >= 11 is 0. The highest BCUT2D eigenvalue weighted by Crippen LogP contribution is 2.16. The lowest BCUT2D eigenvalue weighted by Gasteiger charge is -2.11. The summed E-state index contributed by atoms with van der Waals surface area (Å²) in [6.07, 6.45) is 4.55. The molecule has 1 aliphatic heterocycles. The Morgan fingerprint density at radius 1 is 1.59 bits per heavy atom. The van der Waals surface area contributed by atoms with Crippen LogP contribution < -0.4 is 10.6 Å². The van der Waals surface area contributed by atoms with Gasteiger partial charge >= 0.3 is 0 Å². The van der Waals surface area contributed by atoms with Gasteiger partial charge in [-0.2, -0.15) is 4.98 Å². The molecule has 0 aliphatic carbocycles. The summed E-state index contributed by atoms with van der Waals surface area (Å²) < 4.78 is 18.8. The van der Waals surface area contributed by atoms with Crippen LogP contribution in [-0.2, 0) is 4.74 Å². The zero-order valence-corrected chi connectivity index (χ0v) is 9.87. The number of halogens is 1. The van der Waals surface area contributed by atoms with Crippen LogP contribution in [0.25, 0.3) is 0 Å². The molecule has 0 saturated carbocycles. The molecule has 1 aliphatic rings. The average Bonchev–Trinajstić information content (AvgIpc) is 2.84. The van der Waals surface area contributed by atoms with Gasteiger partial charge in [0.1, 0.15) is 0 Å². The van der Waals surface area contributed by atoms with Gasteiger partial charge in [-0.25, -0.2) is 9.37 Å². The van der Waals surface area contributed by atoms with Crippen LogP contribution in [0.15, 0.2) is 6.20 Å². The number of anilines is 2. The molecule has 6 heteroatoms. The van der Waals surface area contributed by atoms with Gasteiger partial charge in [0.15, 0.2) is 11.6 Å². The molecule has 94 valence electrons. The van der Waals surface area contributed by atoms with Crippen LogP contribution in [0.4, 0.5) is 16.2 Å². The van der Waals surface area contributed by atoms with E-state index in [1.807, 2.05) is 0 Å². The predicted molar refractivity (Wildman–Crippen MR) is 63.6 cm³/mol. The Hall–Kier alpha value is -1.43. The van der Waals surface area contributed by atoms with Crippen molar-refractivity contribution in [1.82, 2.24) is 9.97 Å². The molecule has 2 heterocycles. The van der Waals surface area contributed by atoms with Crippen LogP contribution in [0, 0.1) is 5.82 Å². The number of aromatic nitrogens is 2. The Morgan fingerprint density at radius 2 is 2.47 bits per heavy atom. The lowest BCUT2D eigenvalue weighted by atomic mass is 10.2. The highest BCUT2D eigenvalue weighted by Gasteiger charge is 2.15. The average molecular weight is 240 g/mol. The first-order valence-electron chi connectivity index (χ1n) is 5.85. The molecule has 2 rings (SSSR count). The van der Waals surface area contributed by atoms with E-state index in [9.17, 15) is 4.39 Å². The normalized spacial score (nSPS) is 19.3. The summed E-state index contributed by atoms with van der Waals surface area (Å²) in [5.41, 5.74) is 0. The van der Waals surface area contributed by atoms with Gasteiger partial charge in [-0.15, -0.1) is 0 Å². The number of hydrogen-bond acceptors (Lipinski definition) is 5. The maximum atomic E-state index is 13.4. The number of ether oxygens (including phenoxy) is 1. The first-order valence-corrected chi connectivity index (χ1v) is 5.85. The Morgan fingerprint density at radius 3 is 3.18 bits per heavy atom. The van der Waals surface area contributed by atoms with E-state index < -0.39 is 5.82 Å². The fraction of sp³-hybridized carbons (Fsp3) is 0.636. The monoisotopic (exact) mass is 240 g/mol. The minimum atomic E-state index is -0.434. The van der Waals surface area contributed by atoms with Crippen molar-refractivity contribution in [2.75, 3.05) is 30.8 Å². The van der Waals surface area contributed by atoms with Crippen LogP contribution in [0.5, 0.6) is 0 Å². The fourth-order valence-corrected chi connectivity index (χ4v) is 1.84. The minimum absolute atomic E-state index is 0.238. The van der Waals surface area contributed by atoms with Crippen LogP contribution in [0.3, 0.4) is 0 Å². The van der Waals surface area contributed by atoms with Crippen molar-refractivity contribution >= 4 is 11.8 Å². The summed E-state index contributed by atoms with van der Waals surface area (Å²) in [6.45, 7) is 1.50. The van der Waals surface area contributed by atoms with E-state index in [0.29, 0.717) is 18.6 Å². The summed E-state index contributed by atoms with van der Waals surface area (Å²) in [7, 11) is 1.70. The van der Waals surface area contributed by atoms with E-state index in [-0.39, 0.29) is 5.82 Å². The predicted octanol–water partition coefficient (Wildman–Crippen LogP) is 1.64. The SMILES string of the molecule is CNc1ncc(F)c(NCCC2CCCO2)n1. The molecular formula is C11H17FN4O. The third kappa shape index (κ3) is 3.26. The Balaban J connectivity index is 1.84. The topological polar surface area (TPSA) is 59.1 Å². The molecule has 1 unspecified atom stereocenters. The van der Waals surface area contributed by atoms with E-state index in [1.165, 1.54) is 0 Å². The van der Waals surface area contributed by atoms with Crippen LogP contribution >= 0.6 is 0 Å². The molecule has 0 bridgehead atoms. The maximum absolute atomic E-state index is 13.4. The summed E-state index contributed by atoms with van der Waals surface area (Å²) in [4.78, 5) is 7.79. The van der Waals surface area contributed by atoms with Gasteiger partial charge in [0, 0.05) is 20.2 Å². The number of nitrogens with zero attached hydrogens (tertiary/aromatic N) is 2. The third-order valence-corrected chi connectivity index (χ3v) is 2.75. The first-order chi connectivity index (χ1) is 8.29. The lowest BCUT2D eigenvalue weighted by molar-refractivity contribution is 0.107. The molecule has 5 nitrogen and oxygen atoms in total. The van der Waals surface area contributed by atoms with E-state index in [0.717, 1.165) is 32.1 Å². The second-order valence-corrected chi connectivity index (χ2v) is 3.99. The van der Waals surface area contributed by atoms with Crippen molar-refractivity contribution in [1.29, 1.82) is 0 Å². The van der Waals surface area contributed by atoms with Crippen molar-refractivity contribution in [3.63, 3.8) is 0 Å². The van der Waals surface area contributed by atoms with Gasteiger partial charge in [0.05, 0.1) is 12.3 Å². The molecule has 1 aromatic heterocycles. The lowest BCUT2D eigenvalue weighted by Crippen LogP contribution is -2.14. The second-order valence-electron chi connectivity index (χ2n) is 3.99. The Kier molecular flexibility index (Phi) is 4.08. The molecule has 1 atom stereocenters. The van der Waals surface area contributed by atoms with Gasteiger partial charge in [-0.1, -0.05) is 0 Å².